The maximum atomic E-state index is 11.6. The fourth-order valence-electron chi connectivity index (χ4n) is 1.71. The zero-order valence-corrected chi connectivity index (χ0v) is 9.86. The van der Waals surface area contributed by atoms with Crippen LogP contribution in [0.25, 0.3) is 0 Å². The fraction of sp³-hybridized carbons (Fsp3) is 0.727. The van der Waals surface area contributed by atoms with Crippen molar-refractivity contribution in [1.82, 2.24) is 9.80 Å². The number of Topliss-reactive ketones (excluding diaryl/α,β-unsaturated/α-hetero) is 1. The highest BCUT2D eigenvalue weighted by atomic mass is 16.2. The van der Waals surface area contributed by atoms with Gasteiger partial charge in [-0.15, -0.1) is 0 Å². The molecule has 0 bridgehead atoms. The number of hydrogen-bond acceptors (Lipinski definition) is 3. The topological polar surface area (TPSA) is 57.7 Å². The highest BCUT2D eigenvalue weighted by molar-refractivity contribution is 5.95. The molecule has 0 radical (unpaired) electrons. The molecule has 0 unspecified atom stereocenters. The van der Waals surface area contributed by atoms with Gasteiger partial charge in [0.1, 0.15) is 6.54 Å². The number of likely N-dealkylation sites (N-methyl/N-ethyl adjacent to an activating group) is 1. The second-order valence-electron chi connectivity index (χ2n) is 3.95. The quantitative estimate of drug-likeness (QED) is 0.665. The highest BCUT2D eigenvalue weighted by Gasteiger charge is 2.29. The van der Waals surface area contributed by atoms with E-state index in [4.69, 9.17) is 0 Å². The van der Waals surface area contributed by atoms with Gasteiger partial charge >= 0.3 is 0 Å². The predicted molar refractivity (Wildman–Crippen MR) is 58.7 cm³/mol. The molecular weight excluding hydrogens is 208 g/mol. The lowest BCUT2D eigenvalue weighted by Gasteiger charge is -2.32. The summed E-state index contributed by atoms with van der Waals surface area (Å²) in [6.07, 6.45) is 1.24. The molecule has 0 spiro atoms. The number of ketones is 1. The molecule has 16 heavy (non-hydrogen) atoms. The third-order valence-electron chi connectivity index (χ3n) is 2.64. The van der Waals surface area contributed by atoms with Crippen LogP contribution in [0, 0.1) is 0 Å². The molecule has 0 atom stereocenters. The average molecular weight is 226 g/mol. The van der Waals surface area contributed by atoms with Gasteiger partial charge < -0.3 is 9.80 Å². The minimum atomic E-state index is -0.133. The van der Waals surface area contributed by atoms with Gasteiger partial charge in [0, 0.05) is 13.0 Å². The van der Waals surface area contributed by atoms with E-state index in [0.717, 1.165) is 6.42 Å². The van der Waals surface area contributed by atoms with E-state index in [9.17, 15) is 14.4 Å². The molecule has 2 amide bonds. The number of nitrogens with zero attached hydrogens (tertiary/aromatic N) is 2. The van der Waals surface area contributed by atoms with Crippen LogP contribution in [-0.4, -0.2) is 53.6 Å². The van der Waals surface area contributed by atoms with Crippen molar-refractivity contribution in [1.29, 1.82) is 0 Å². The molecule has 0 saturated carbocycles. The molecule has 0 aromatic carbocycles. The summed E-state index contributed by atoms with van der Waals surface area (Å²) in [5.41, 5.74) is 0. The molecule has 1 aliphatic heterocycles. The van der Waals surface area contributed by atoms with Gasteiger partial charge in [-0.2, -0.15) is 0 Å². The van der Waals surface area contributed by atoms with Crippen LogP contribution in [0.5, 0.6) is 0 Å². The Hall–Kier alpha value is -1.39. The first-order valence-corrected chi connectivity index (χ1v) is 5.65. The maximum Gasteiger partial charge on any atom is 0.243 e. The first-order chi connectivity index (χ1) is 7.58. The Labute approximate surface area is 95.4 Å². The molecule has 5 heteroatoms. The summed E-state index contributed by atoms with van der Waals surface area (Å²) in [7, 11) is 0. The number of rotatable bonds is 5. The highest BCUT2D eigenvalue weighted by Crippen LogP contribution is 2.05. The summed E-state index contributed by atoms with van der Waals surface area (Å²) >= 11 is 0. The van der Waals surface area contributed by atoms with Gasteiger partial charge in [-0.1, -0.05) is 6.92 Å². The minimum Gasteiger partial charge on any atom is -0.332 e. The Balaban J connectivity index is 2.53. The molecular formula is C11H18N2O3. The minimum absolute atomic E-state index is 0.0219. The van der Waals surface area contributed by atoms with Crippen LogP contribution in [0.4, 0.5) is 0 Å². The Morgan fingerprint density at radius 1 is 1.12 bits per heavy atom. The van der Waals surface area contributed by atoms with Crippen molar-refractivity contribution in [3.05, 3.63) is 0 Å². The standard InChI is InChI=1S/C11H18N2O3/c1-3-5-9(14)6-13-8-10(15)12(4-2)7-11(13)16/h3-8H2,1-2H3. The summed E-state index contributed by atoms with van der Waals surface area (Å²) in [5.74, 6) is -0.189. The van der Waals surface area contributed by atoms with Gasteiger partial charge in [-0.25, -0.2) is 0 Å². The van der Waals surface area contributed by atoms with Gasteiger partial charge in [0.2, 0.25) is 11.8 Å². The van der Waals surface area contributed by atoms with Crippen LogP contribution in [-0.2, 0) is 14.4 Å². The van der Waals surface area contributed by atoms with E-state index >= 15 is 0 Å². The largest absolute Gasteiger partial charge is 0.332 e. The van der Waals surface area contributed by atoms with E-state index in [1.165, 1.54) is 9.80 Å². The summed E-state index contributed by atoms with van der Waals surface area (Å²) in [6, 6.07) is 0. The number of carbonyl (C=O) groups excluding carboxylic acids is 3. The summed E-state index contributed by atoms with van der Waals surface area (Å²) < 4.78 is 0. The smallest absolute Gasteiger partial charge is 0.243 e. The van der Waals surface area contributed by atoms with Crippen molar-refractivity contribution in [2.45, 2.75) is 26.7 Å². The lowest BCUT2D eigenvalue weighted by molar-refractivity contribution is -0.151. The second-order valence-corrected chi connectivity index (χ2v) is 3.95. The van der Waals surface area contributed by atoms with Gasteiger partial charge in [-0.05, 0) is 13.3 Å². The molecule has 1 fully saturated rings. The monoisotopic (exact) mass is 226 g/mol. The number of piperazine rings is 1. The van der Waals surface area contributed by atoms with Crippen molar-refractivity contribution in [2.24, 2.45) is 0 Å². The molecule has 1 saturated heterocycles. The van der Waals surface area contributed by atoms with Crippen molar-refractivity contribution in [2.75, 3.05) is 26.2 Å². The first kappa shape index (κ1) is 12.7. The van der Waals surface area contributed by atoms with E-state index < -0.39 is 0 Å². The van der Waals surface area contributed by atoms with Gasteiger partial charge in [0.15, 0.2) is 5.78 Å². The van der Waals surface area contributed by atoms with Gasteiger partial charge in [0.25, 0.3) is 0 Å². The zero-order chi connectivity index (χ0) is 12.1. The van der Waals surface area contributed by atoms with E-state index in [2.05, 4.69) is 0 Å². The van der Waals surface area contributed by atoms with E-state index in [0.29, 0.717) is 13.0 Å². The summed E-state index contributed by atoms with van der Waals surface area (Å²) in [4.78, 5) is 37.4. The molecule has 0 aliphatic carbocycles. The van der Waals surface area contributed by atoms with E-state index in [1.807, 2.05) is 13.8 Å². The fourth-order valence-corrected chi connectivity index (χ4v) is 1.71. The lowest BCUT2D eigenvalue weighted by atomic mass is 10.2. The normalized spacial score (nSPS) is 16.9. The van der Waals surface area contributed by atoms with Crippen LogP contribution >= 0.6 is 0 Å². The van der Waals surface area contributed by atoms with Gasteiger partial charge in [0.05, 0.1) is 13.1 Å². The Morgan fingerprint density at radius 3 is 2.25 bits per heavy atom. The number of amides is 2. The molecule has 0 aromatic heterocycles. The summed E-state index contributed by atoms with van der Waals surface area (Å²) in [5, 5.41) is 0. The van der Waals surface area contributed by atoms with Crippen LogP contribution in [0.15, 0.2) is 0 Å². The molecule has 90 valence electrons. The van der Waals surface area contributed by atoms with Crippen LogP contribution in [0.3, 0.4) is 0 Å². The SMILES string of the molecule is CCCC(=O)CN1CC(=O)N(CC)CC1=O. The van der Waals surface area contributed by atoms with Crippen molar-refractivity contribution in [3.8, 4) is 0 Å². The molecule has 1 heterocycles. The van der Waals surface area contributed by atoms with Gasteiger partial charge in [-0.3, -0.25) is 14.4 Å². The number of hydrogen-bond donors (Lipinski definition) is 0. The zero-order valence-electron chi connectivity index (χ0n) is 9.86. The summed E-state index contributed by atoms with van der Waals surface area (Å²) in [6.45, 7) is 4.52. The average Bonchev–Trinajstić information content (AvgIpc) is 2.23. The van der Waals surface area contributed by atoms with E-state index in [1.54, 1.807) is 0 Å². The molecule has 5 nitrogen and oxygen atoms in total. The molecule has 1 rings (SSSR count). The maximum absolute atomic E-state index is 11.6. The third-order valence-corrected chi connectivity index (χ3v) is 2.64. The van der Waals surface area contributed by atoms with Crippen molar-refractivity contribution < 1.29 is 14.4 Å². The molecule has 0 N–H and O–H groups in total. The lowest BCUT2D eigenvalue weighted by Crippen LogP contribution is -2.54. The Kier molecular flexibility index (Phi) is 4.46. The van der Waals surface area contributed by atoms with Crippen molar-refractivity contribution in [3.63, 3.8) is 0 Å². The Morgan fingerprint density at radius 2 is 1.69 bits per heavy atom. The van der Waals surface area contributed by atoms with Crippen LogP contribution in [0.1, 0.15) is 26.7 Å². The molecule has 0 aromatic rings. The number of carbonyl (C=O) groups is 3. The first-order valence-electron chi connectivity index (χ1n) is 5.65. The Bertz CT molecular complexity index is 300. The third kappa shape index (κ3) is 3.05. The van der Waals surface area contributed by atoms with E-state index in [-0.39, 0.29) is 37.2 Å². The second kappa shape index (κ2) is 5.63. The molecule has 1 aliphatic rings. The predicted octanol–water partition coefficient (Wildman–Crippen LogP) is 0.0463. The van der Waals surface area contributed by atoms with Crippen LogP contribution in [0.2, 0.25) is 0 Å². The van der Waals surface area contributed by atoms with Crippen molar-refractivity contribution >= 4 is 17.6 Å². The van der Waals surface area contributed by atoms with Crippen LogP contribution < -0.4 is 0 Å².